The zero-order valence-electron chi connectivity index (χ0n) is 12.9. The van der Waals surface area contributed by atoms with Crippen LogP contribution in [0.4, 0.5) is 0 Å². The van der Waals surface area contributed by atoms with Crippen LogP contribution in [-0.4, -0.2) is 30.6 Å². The number of para-hydroxylation sites is 1. The number of benzene rings is 1. The fraction of sp³-hybridized carbons (Fsp3) is 0.353. The number of nitrogens with two attached hydrogens (primary N) is 1. The molecule has 4 heteroatoms. The highest BCUT2D eigenvalue weighted by atomic mass is 16.5. The van der Waals surface area contributed by atoms with Crippen molar-refractivity contribution in [2.45, 2.75) is 19.5 Å². The molecule has 1 unspecified atom stereocenters. The molecule has 0 saturated carbocycles. The molecule has 2 N–H and O–H groups in total. The number of nitrogens with zero attached hydrogens (tertiary/aromatic N) is 2. The van der Waals surface area contributed by atoms with Crippen LogP contribution in [0.25, 0.3) is 0 Å². The fourth-order valence-electron chi connectivity index (χ4n) is 2.46. The monoisotopic (exact) mass is 285 g/mol. The Kier molecular flexibility index (Phi) is 5.31. The molecule has 4 nitrogen and oxygen atoms in total. The lowest BCUT2D eigenvalue weighted by atomic mass is 10.1. The number of ether oxygens (including phenoxy) is 1. The van der Waals surface area contributed by atoms with Crippen LogP contribution in [0.5, 0.6) is 5.75 Å². The van der Waals surface area contributed by atoms with Crippen molar-refractivity contribution in [1.82, 2.24) is 9.88 Å². The van der Waals surface area contributed by atoms with Gasteiger partial charge in [-0.2, -0.15) is 0 Å². The molecule has 0 aliphatic rings. The molecular weight excluding hydrogens is 262 g/mol. The van der Waals surface area contributed by atoms with E-state index in [9.17, 15) is 0 Å². The second-order valence-electron chi connectivity index (χ2n) is 5.21. The largest absolute Gasteiger partial charge is 0.496 e. The fourth-order valence-corrected chi connectivity index (χ4v) is 2.46. The van der Waals surface area contributed by atoms with Gasteiger partial charge in [-0.05, 0) is 31.7 Å². The highest BCUT2D eigenvalue weighted by molar-refractivity contribution is 5.33. The van der Waals surface area contributed by atoms with Gasteiger partial charge >= 0.3 is 0 Å². The average Bonchev–Trinajstić information content (AvgIpc) is 2.50. The highest BCUT2D eigenvalue weighted by Crippen LogP contribution is 2.24. The maximum Gasteiger partial charge on any atom is 0.123 e. The molecule has 1 aromatic heterocycles. The normalized spacial score (nSPS) is 12.4. The lowest BCUT2D eigenvalue weighted by Crippen LogP contribution is -2.30. The predicted molar refractivity (Wildman–Crippen MR) is 85.2 cm³/mol. The number of hydrogen-bond donors (Lipinski definition) is 1. The molecule has 0 radical (unpaired) electrons. The van der Waals surface area contributed by atoms with Crippen LogP contribution in [0.2, 0.25) is 0 Å². The topological polar surface area (TPSA) is 51.4 Å². The third-order valence-corrected chi connectivity index (χ3v) is 3.69. The molecule has 0 saturated heterocycles. The Bertz CT molecular complexity index is 569. The minimum absolute atomic E-state index is 0.142. The van der Waals surface area contributed by atoms with Crippen molar-refractivity contribution >= 4 is 0 Å². The van der Waals surface area contributed by atoms with E-state index in [1.807, 2.05) is 37.4 Å². The van der Waals surface area contributed by atoms with Crippen molar-refractivity contribution < 1.29 is 4.74 Å². The first kappa shape index (κ1) is 15.5. The molecule has 0 fully saturated rings. The van der Waals surface area contributed by atoms with Gasteiger partial charge in [0.1, 0.15) is 5.75 Å². The Morgan fingerprint density at radius 1 is 1.24 bits per heavy atom. The summed E-state index contributed by atoms with van der Waals surface area (Å²) in [6.07, 6.45) is 1.91. The van der Waals surface area contributed by atoms with E-state index in [0.717, 1.165) is 29.1 Å². The summed E-state index contributed by atoms with van der Waals surface area (Å²) in [6, 6.07) is 12.3. The van der Waals surface area contributed by atoms with Gasteiger partial charge in [0.15, 0.2) is 0 Å². The third kappa shape index (κ3) is 3.80. The summed E-state index contributed by atoms with van der Waals surface area (Å²) in [6.45, 7) is 3.32. The average molecular weight is 285 g/mol. The molecule has 1 atom stereocenters. The van der Waals surface area contributed by atoms with Crippen LogP contribution in [-0.2, 0) is 6.54 Å². The van der Waals surface area contributed by atoms with Gasteiger partial charge < -0.3 is 10.5 Å². The lowest BCUT2D eigenvalue weighted by Gasteiger charge is -2.27. The molecule has 0 bridgehead atoms. The standard InChI is InChI=1S/C17H23N3O/c1-13-8-9-14(11-19-13)16(10-18)20(2)12-15-6-4-5-7-17(15)21-3/h4-9,11,16H,10,12,18H2,1-3H3. The summed E-state index contributed by atoms with van der Waals surface area (Å²) in [5.74, 6) is 0.905. The summed E-state index contributed by atoms with van der Waals surface area (Å²) >= 11 is 0. The minimum Gasteiger partial charge on any atom is -0.496 e. The van der Waals surface area contributed by atoms with Crippen LogP contribution in [0.1, 0.15) is 22.9 Å². The van der Waals surface area contributed by atoms with Crippen molar-refractivity contribution in [3.05, 3.63) is 59.4 Å². The van der Waals surface area contributed by atoms with Gasteiger partial charge in [-0.15, -0.1) is 0 Å². The van der Waals surface area contributed by atoms with Gasteiger partial charge in [0.05, 0.1) is 7.11 Å². The predicted octanol–water partition coefficient (Wildman–Crippen LogP) is 2.53. The van der Waals surface area contributed by atoms with Crippen LogP contribution >= 0.6 is 0 Å². The molecule has 0 aliphatic carbocycles. The van der Waals surface area contributed by atoms with Crippen molar-refractivity contribution in [3.63, 3.8) is 0 Å². The van der Waals surface area contributed by atoms with Gasteiger partial charge in [0, 0.05) is 36.6 Å². The quantitative estimate of drug-likeness (QED) is 0.886. The zero-order valence-corrected chi connectivity index (χ0v) is 12.9. The number of pyridine rings is 1. The molecule has 1 aromatic carbocycles. The van der Waals surface area contributed by atoms with Crippen molar-refractivity contribution in [1.29, 1.82) is 0 Å². The van der Waals surface area contributed by atoms with E-state index >= 15 is 0 Å². The van der Waals surface area contributed by atoms with E-state index in [0.29, 0.717) is 6.54 Å². The van der Waals surface area contributed by atoms with E-state index in [1.54, 1.807) is 7.11 Å². The van der Waals surface area contributed by atoms with Crippen LogP contribution in [0.3, 0.4) is 0 Å². The first-order valence-corrected chi connectivity index (χ1v) is 7.10. The van der Waals surface area contributed by atoms with Gasteiger partial charge in [-0.3, -0.25) is 9.88 Å². The van der Waals surface area contributed by atoms with E-state index in [4.69, 9.17) is 10.5 Å². The zero-order chi connectivity index (χ0) is 15.2. The lowest BCUT2D eigenvalue weighted by molar-refractivity contribution is 0.238. The summed E-state index contributed by atoms with van der Waals surface area (Å²) in [5.41, 5.74) is 9.28. The first-order valence-electron chi connectivity index (χ1n) is 7.10. The third-order valence-electron chi connectivity index (χ3n) is 3.69. The molecule has 0 amide bonds. The van der Waals surface area contributed by atoms with E-state index in [1.165, 1.54) is 0 Å². The van der Waals surface area contributed by atoms with Gasteiger partial charge in [-0.25, -0.2) is 0 Å². The van der Waals surface area contributed by atoms with Crippen molar-refractivity contribution in [3.8, 4) is 5.75 Å². The van der Waals surface area contributed by atoms with E-state index < -0.39 is 0 Å². The number of aryl methyl sites for hydroxylation is 1. The van der Waals surface area contributed by atoms with E-state index in [2.05, 4.69) is 29.1 Å². The van der Waals surface area contributed by atoms with Crippen molar-refractivity contribution in [2.75, 3.05) is 20.7 Å². The van der Waals surface area contributed by atoms with Gasteiger partial charge in [0.25, 0.3) is 0 Å². The molecule has 21 heavy (non-hydrogen) atoms. The highest BCUT2D eigenvalue weighted by Gasteiger charge is 2.17. The second kappa shape index (κ2) is 7.20. The SMILES string of the molecule is COc1ccccc1CN(C)C(CN)c1ccc(C)nc1. The number of likely N-dealkylation sites (N-methyl/N-ethyl adjacent to an activating group) is 1. The molecule has 0 aliphatic heterocycles. The number of methoxy groups -OCH3 is 1. The van der Waals surface area contributed by atoms with Crippen molar-refractivity contribution in [2.24, 2.45) is 5.73 Å². The summed E-state index contributed by atoms with van der Waals surface area (Å²) in [7, 11) is 3.77. The Labute approximate surface area is 126 Å². The molecule has 2 rings (SSSR count). The van der Waals surface area contributed by atoms with Gasteiger partial charge in [-0.1, -0.05) is 24.3 Å². The molecule has 1 heterocycles. The van der Waals surface area contributed by atoms with Crippen LogP contribution < -0.4 is 10.5 Å². The minimum atomic E-state index is 0.142. The summed E-state index contributed by atoms with van der Waals surface area (Å²) < 4.78 is 5.41. The maximum absolute atomic E-state index is 5.97. The molecular formula is C17H23N3O. The number of hydrogen-bond acceptors (Lipinski definition) is 4. The Hall–Kier alpha value is -1.91. The first-order chi connectivity index (χ1) is 10.2. The Balaban J connectivity index is 2.16. The second-order valence-corrected chi connectivity index (χ2v) is 5.21. The summed E-state index contributed by atoms with van der Waals surface area (Å²) in [5, 5.41) is 0. The van der Waals surface area contributed by atoms with Gasteiger partial charge in [0.2, 0.25) is 0 Å². The number of rotatable bonds is 6. The molecule has 112 valence electrons. The maximum atomic E-state index is 5.97. The summed E-state index contributed by atoms with van der Waals surface area (Å²) in [4.78, 5) is 6.59. The van der Waals surface area contributed by atoms with Crippen LogP contribution in [0.15, 0.2) is 42.6 Å². The Morgan fingerprint density at radius 3 is 2.62 bits per heavy atom. The molecule has 0 spiro atoms. The van der Waals surface area contributed by atoms with Crippen LogP contribution in [0, 0.1) is 6.92 Å². The van der Waals surface area contributed by atoms with E-state index in [-0.39, 0.29) is 6.04 Å². The number of aromatic nitrogens is 1. The molecule has 2 aromatic rings. The smallest absolute Gasteiger partial charge is 0.123 e. The Morgan fingerprint density at radius 2 is 2.00 bits per heavy atom.